The minimum atomic E-state index is 0.576. The molecule has 0 saturated carbocycles. The van der Waals surface area contributed by atoms with Gasteiger partial charge in [0.25, 0.3) is 0 Å². The Balaban J connectivity index is 1.73. The molecule has 0 aliphatic carbocycles. The molecule has 102 valence electrons. The van der Waals surface area contributed by atoms with Crippen LogP contribution in [0, 0.1) is 0 Å². The topological polar surface area (TPSA) is 34.2 Å². The molecule has 19 heavy (non-hydrogen) atoms. The smallest absolute Gasteiger partial charge is 0.0888 e. The van der Waals surface area contributed by atoms with Crippen LogP contribution in [0.1, 0.15) is 23.9 Å². The SMILES string of the molecule is CCCNc1ccnc(COCCc2cccs2)c1. The molecule has 2 aromatic rings. The molecule has 0 aromatic carbocycles. The van der Waals surface area contributed by atoms with Gasteiger partial charge in [0, 0.05) is 29.7 Å². The third kappa shape index (κ3) is 5.01. The third-order valence-corrected chi connectivity index (χ3v) is 3.65. The second-order valence-corrected chi connectivity index (χ2v) is 5.38. The van der Waals surface area contributed by atoms with Crippen molar-refractivity contribution in [3.8, 4) is 0 Å². The molecule has 0 spiro atoms. The Kier molecular flexibility index (Phi) is 5.85. The number of ether oxygens (including phenoxy) is 1. The fourth-order valence-corrected chi connectivity index (χ4v) is 2.43. The van der Waals surface area contributed by atoms with Crippen molar-refractivity contribution in [2.45, 2.75) is 26.4 Å². The lowest BCUT2D eigenvalue weighted by atomic mass is 10.3. The molecule has 0 atom stereocenters. The lowest BCUT2D eigenvalue weighted by Crippen LogP contribution is -2.03. The largest absolute Gasteiger partial charge is 0.385 e. The average Bonchev–Trinajstić information content (AvgIpc) is 2.95. The average molecular weight is 276 g/mol. The first-order valence-corrected chi connectivity index (χ1v) is 7.55. The standard InChI is InChI=1S/C15H20N2OS/c1-2-7-16-13-5-8-17-14(11-13)12-18-9-6-15-4-3-10-19-15/h3-5,8,10-11H,2,6-7,9,12H2,1H3,(H,16,17). The molecule has 0 unspecified atom stereocenters. The van der Waals surface area contributed by atoms with Crippen LogP contribution in [0.3, 0.4) is 0 Å². The number of rotatable bonds is 8. The van der Waals surface area contributed by atoms with Crippen molar-refractivity contribution in [3.05, 3.63) is 46.4 Å². The van der Waals surface area contributed by atoms with Gasteiger partial charge in [0.2, 0.25) is 0 Å². The number of pyridine rings is 1. The van der Waals surface area contributed by atoms with Gasteiger partial charge in [0.05, 0.1) is 18.9 Å². The lowest BCUT2D eigenvalue weighted by Gasteiger charge is -2.07. The number of nitrogens with one attached hydrogen (secondary N) is 1. The monoisotopic (exact) mass is 276 g/mol. The van der Waals surface area contributed by atoms with Crippen LogP contribution in [-0.2, 0) is 17.8 Å². The van der Waals surface area contributed by atoms with Gasteiger partial charge < -0.3 is 10.1 Å². The van der Waals surface area contributed by atoms with Crippen LogP contribution in [0.25, 0.3) is 0 Å². The number of thiophene rings is 1. The second-order valence-electron chi connectivity index (χ2n) is 4.34. The second kappa shape index (κ2) is 7.92. The number of anilines is 1. The Morgan fingerprint density at radius 3 is 3.11 bits per heavy atom. The van der Waals surface area contributed by atoms with Crippen LogP contribution < -0.4 is 5.32 Å². The molecule has 0 aliphatic heterocycles. The highest BCUT2D eigenvalue weighted by atomic mass is 32.1. The van der Waals surface area contributed by atoms with E-state index in [1.165, 1.54) is 4.88 Å². The molecule has 4 heteroatoms. The minimum Gasteiger partial charge on any atom is -0.385 e. The number of hydrogen-bond acceptors (Lipinski definition) is 4. The van der Waals surface area contributed by atoms with Crippen LogP contribution >= 0.6 is 11.3 Å². The molecule has 2 aromatic heterocycles. The van der Waals surface area contributed by atoms with E-state index in [1.807, 2.05) is 12.3 Å². The molecule has 2 rings (SSSR count). The fourth-order valence-electron chi connectivity index (χ4n) is 1.74. The van der Waals surface area contributed by atoms with Crippen molar-refractivity contribution >= 4 is 17.0 Å². The van der Waals surface area contributed by atoms with E-state index < -0.39 is 0 Å². The molecule has 0 radical (unpaired) electrons. The summed E-state index contributed by atoms with van der Waals surface area (Å²) in [6.45, 7) is 4.47. The Morgan fingerprint density at radius 1 is 1.37 bits per heavy atom. The van der Waals surface area contributed by atoms with Gasteiger partial charge in [-0.15, -0.1) is 11.3 Å². The van der Waals surface area contributed by atoms with E-state index in [-0.39, 0.29) is 0 Å². The summed E-state index contributed by atoms with van der Waals surface area (Å²) in [5, 5.41) is 5.45. The molecular weight excluding hydrogens is 256 g/mol. The van der Waals surface area contributed by atoms with Crippen LogP contribution in [0.5, 0.6) is 0 Å². The zero-order valence-electron chi connectivity index (χ0n) is 11.3. The number of aromatic nitrogens is 1. The maximum Gasteiger partial charge on any atom is 0.0888 e. The normalized spacial score (nSPS) is 10.6. The summed E-state index contributed by atoms with van der Waals surface area (Å²) >= 11 is 1.78. The minimum absolute atomic E-state index is 0.576. The zero-order valence-corrected chi connectivity index (χ0v) is 12.1. The summed E-state index contributed by atoms with van der Waals surface area (Å²) in [7, 11) is 0. The maximum atomic E-state index is 5.67. The van der Waals surface area contributed by atoms with E-state index in [4.69, 9.17) is 4.74 Å². The molecule has 0 amide bonds. The Bertz CT molecular complexity index is 471. The third-order valence-electron chi connectivity index (χ3n) is 2.72. The van der Waals surface area contributed by atoms with Gasteiger partial charge in [-0.3, -0.25) is 4.98 Å². The molecule has 3 nitrogen and oxygen atoms in total. The molecule has 0 aliphatic rings. The van der Waals surface area contributed by atoms with Gasteiger partial charge in [0.1, 0.15) is 0 Å². The van der Waals surface area contributed by atoms with Crippen molar-refractivity contribution in [2.24, 2.45) is 0 Å². The Morgan fingerprint density at radius 2 is 2.32 bits per heavy atom. The van der Waals surface area contributed by atoms with Gasteiger partial charge in [-0.1, -0.05) is 13.0 Å². The first-order chi connectivity index (χ1) is 9.38. The summed E-state index contributed by atoms with van der Waals surface area (Å²) < 4.78 is 5.67. The summed E-state index contributed by atoms with van der Waals surface area (Å²) in [4.78, 5) is 5.69. The van der Waals surface area contributed by atoms with Crippen molar-refractivity contribution < 1.29 is 4.74 Å². The Hall–Kier alpha value is -1.39. The molecule has 0 fully saturated rings. The highest BCUT2D eigenvalue weighted by Gasteiger charge is 1.99. The predicted molar refractivity (Wildman–Crippen MR) is 80.7 cm³/mol. The van der Waals surface area contributed by atoms with Gasteiger partial charge in [0.15, 0.2) is 0 Å². The molecule has 1 N–H and O–H groups in total. The summed E-state index contributed by atoms with van der Waals surface area (Å²) in [6, 6.07) is 8.26. The first-order valence-electron chi connectivity index (χ1n) is 6.67. The highest BCUT2D eigenvalue weighted by Crippen LogP contribution is 2.11. The van der Waals surface area contributed by atoms with Crippen molar-refractivity contribution in [1.82, 2.24) is 4.98 Å². The number of hydrogen-bond donors (Lipinski definition) is 1. The summed E-state index contributed by atoms with van der Waals surface area (Å²) in [6.07, 6.45) is 3.93. The van der Waals surface area contributed by atoms with Gasteiger partial charge in [-0.05, 0) is 30.0 Å². The molecular formula is C15H20N2OS. The van der Waals surface area contributed by atoms with Crippen LogP contribution in [-0.4, -0.2) is 18.1 Å². The van der Waals surface area contributed by atoms with Gasteiger partial charge >= 0.3 is 0 Å². The number of nitrogens with zero attached hydrogens (tertiary/aromatic N) is 1. The zero-order chi connectivity index (χ0) is 13.3. The van der Waals surface area contributed by atoms with Gasteiger partial charge in [-0.25, -0.2) is 0 Å². The Labute approximate surface area is 118 Å². The molecule has 2 heterocycles. The highest BCUT2D eigenvalue weighted by molar-refractivity contribution is 7.09. The van der Waals surface area contributed by atoms with Gasteiger partial charge in [-0.2, -0.15) is 0 Å². The lowest BCUT2D eigenvalue weighted by molar-refractivity contribution is 0.121. The fraction of sp³-hybridized carbons (Fsp3) is 0.400. The van der Waals surface area contributed by atoms with Crippen LogP contribution in [0.15, 0.2) is 35.8 Å². The summed E-state index contributed by atoms with van der Waals surface area (Å²) in [5.74, 6) is 0. The van der Waals surface area contributed by atoms with E-state index in [0.29, 0.717) is 6.61 Å². The van der Waals surface area contributed by atoms with E-state index >= 15 is 0 Å². The van der Waals surface area contributed by atoms with Crippen molar-refractivity contribution in [3.63, 3.8) is 0 Å². The van der Waals surface area contributed by atoms with Crippen LogP contribution in [0.2, 0.25) is 0 Å². The molecule has 0 bridgehead atoms. The first kappa shape index (κ1) is 14.0. The van der Waals surface area contributed by atoms with Crippen LogP contribution in [0.4, 0.5) is 5.69 Å². The van der Waals surface area contributed by atoms with Crippen molar-refractivity contribution in [1.29, 1.82) is 0 Å². The van der Waals surface area contributed by atoms with E-state index in [1.54, 1.807) is 11.3 Å². The van der Waals surface area contributed by atoms with Crippen molar-refractivity contribution in [2.75, 3.05) is 18.5 Å². The van der Waals surface area contributed by atoms with E-state index in [9.17, 15) is 0 Å². The summed E-state index contributed by atoms with van der Waals surface area (Å²) in [5.41, 5.74) is 2.10. The maximum absolute atomic E-state index is 5.67. The molecule has 0 saturated heterocycles. The van der Waals surface area contributed by atoms with E-state index in [2.05, 4.69) is 40.8 Å². The predicted octanol–water partition coefficient (Wildman–Crippen LogP) is 3.72. The van der Waals surface area contributed by atoms with E-state index in [0.717, 1.165) is 37.4 Å². The quantitative estimate of drug-likeness (QED) is 0.746.